The molecule has 2 aromatic carbocycles. The molecule has 0 saturated heterocycles. The number of fused-ring (bicyclic) bond motifs is 1. The molecule has 25 heavy (non-hydrogen) atoms. The second-order valence-corrected chi connectivity index (χ2v) is 7.34. The minimum Gasteiger partial charge on any atom is -0.487 e. The van der Waals surface area contributed by atoms with E-state index in [0.717, 1.165) is 34.6 Å². The zero-order valence-corrected chi connectivity index (χ0v) is 15.3. The van der Waals surface area contributed by atoms with E-state index in [0.29, 0.717) is 0 Å². The van der Waals surface area contributed by atoms with Crippen molar-refractivity contribution in [3.05, 3.63) is 59.2 Å². The molecule has 0 radical (unpaired) electrons. The summed E-state index contributed by atoms with van der Waals surface area (Å²) in [6.45, 7) is 8.10. The van der Waals surface area contributed by atoms with Gasteiger partial charge in [0, 0.05) is 12.0 Å². The van der Waals surface area contributed by atoms with E-state index in [4.69, 9.17) is 9.47 Å². The summed E-state index contributed by atoms with van der Waals surface area (Å²) in [4.78, 5) is 12.4. The monoisotopic (exact) mass is 339 g/mol. The molecule has 1 aliphatic rings. The smallest absolute Gasteiger partial charge is 0.258 e. The molecule has 4 nitrogen and oxygen atoms in total. The fourth-order valence-electron chi connectivity index (χ4n) is 3.33. The number of amides is 1. The maximum absolute atomic E-state index is 12.4. The zero-order chi connectivity index (χ0) is 18.0. The topological polar surface area (TPSA) is 47.6 Å². The molecule has 0 aromatic heterocycles. The Morgan fingerprint density at radius 1 is 1.20 bits per heavy atom. The van der Waals surface area contributed by atoms with E-state index in [2.05, 4.69) is 11.4 Å². The van der Waals surface area contributed by atoms with Gasteiger partial charge in [-0.25, -0.2) is 0 Å². The quantitative estimate of drug-likeness (QED) is 0.912. The molecule has 1 amide bonds. The number of benzene rings is 2. The number of carbonyl (C=O) groups is 1. The van der Waals surface area contributed by atoms with Crippen molar-refractivity contribution >= 4 is 5.91 Å². The normalized spacial score (nSPS) is 18.0. The van der Waals surface area contributed by atoms with Crippen molar-refractivity contribution in [2.45, 2.75) is 45.8 Å². The molecular formula is C21H25NO3. The van der Waals surface area contributed by atoms with Gasteiger partial charge in [0.2, 0.25) is 0 Å². The Morgan fingerprint density at radius 3 is 2.60 bits per heavy atom. The Labute approximate surface area is 149 Å². The van der Waals surface area contributed by atoms with Crippen LogP contribution in [0.25, 0.3) is 0 Å². The van der Waals surface area contributed by atoms with E-state index in [1.807, 2.05) is 64.1 Å². The van der Waals surface area contributed by atoms with Crippen molar-refractivity contribution in [3.63, 3.8) is 0 Å². The van der Waals surface area contributed by atoms with Crippen molar-refractivity contribution in [1.82, 2.24) is 5.32 Å². The van der Waals surface area contributed by atoms with Gasteiger partial charge in [0.05, 0.1) is 6.04 Å². The fraction of sp³-hybridized carbons (Fsp3) is 0.381. The summed E-state index contributed by atoms with van der Waals surface area (Å²) in [5.74, 6) is 1.43. The molecule has 1 atom stereocenters. The van der Waals surface area contributed by atoms with Crippen LogP contribution in [0, 0.1) is 13.8 Å². The first kappa shape index (κ1) is 17.3. The van der Waals surface area contributed by atoms with Crippen LogP contribution in [0.1, 0.15) is 43.0 Å². The predicted octanol–water partition coefficient (Wildman–Crippen LogP) is 4.10. The van der Waals surface area contributed by atoms with E-state index in [1.54, 1.807) is 0 Å². The summed E-state index contributed by atoms with van der Waals surface area (Å²) in [5.41, 5.74) is 2.94. The van der Waals surface area contributed by atoms with Gasteiger partial charge < -0.3 is 14.8 Å². The highest BCUT2D eigenvalue weighted by Crippen LogP contribution is 2.39. The molecule has 4 heteroatoms. The third-order valence-electron chi connectivity index (χ3n) is 4.28. The van der Waals surface area contributed by atoms with Gasteiger partial charge in [0.25, 0.3) is 5.91 Å². The Morgan fingerprint density at radius 2 is 1.88 bits per heavy atom. The summed E-state index contributed by atoms with van der Waals surface area (Å²) in [5, 5.41) is 3.09. The highest BCUT2D eigenvalue weighted by Gasteiger charge is 2.34. The second-order valence-electron chi connectivity index (χ2n) is 7.34. The molecule has 0 unspecified atom stereocenters. The first-order valence-electron chi connectivity index (χ1n) is 8.61. The lowest BCUT2D eigenvalue weighted by Crippen LogP contribution is -2.42. The number of hydrogen-bond donors (Lipinski definition) is 1. The highest BCUT2D eigenvalue weighted by atomic mass is 16.5. The molecule has 0 bridgehead atoms. The van der Waals surface area contributed by atoms with Crippen molar-refractivity contribution in [2.75, 3.05) is 6.61 Å². The molecule has 2 aromatic rings. The highest BCUT2D eigenvalue weighted by molar-refractivity contribution is 5.78. The van der Waals surface area contributed by atoms with Gasteiger partial charge in [-0.1, -0.05) is 24.3 Å². The summed E-state index contributed by atoms with van der Waals surface area (Å²) in [6, 6.07) is 13.7. The van der Waals surface area contributed by atoms with Gasteiger partial charge >= 0.3 is 0 Å². The number of nitrogens with one attached hydrogen (secondary N) is 1. The van der Waals surface area contributed by atoms with E-state index < -0.39 is 0 Å². The SMILES string of the molecule is Cc1cc(C)cc(OCC(=O)N[C@H]2CC(C)(C)Oc3ccccc32)c1. The molecule has 0 spiro atoms. The van der Waals surface area contributed by atoms with Crippen LogP contribution < -0.4 is 14.8 Å². The third-order valence-corrected chi connectivity index (χ3v) is 4.28. The van der Waals surface area contributed by atoms with E-state index in [1.165, 1.54) is 0 Å². The largest absolute Gasteiger partial charge is 0.487 e. The molecule has 132 valence electrons. The summed E-state index contributed by atoms with van der Waals surface area (Å²) < 4.78 is 11.7. The fourth-order valence-corrected chi connectivity index (χ4v) is 3.33. The lowest BCUT2D eigenvalue weighted by atomic mass is 9.90. The number of carbonyl (C=O) groups excluding carboxylic acids is 1. The molecule has 0 saturated carbocycles. The number of rotatable bonds is 4. The average molecular weight is 339 g/mol. The van der Waals surface area contributed by atoms with Crippen molar-refractivity contribution in [3.8, 4) is 11.5 Å². The second kappa shape index (κ2) is 6.79. The van der Waals surface area contributed by atoms with Crippen molar-refractivity contribution in [1.29, 1.82) is 0 Å². The van der Waals surface area contributed by atoms with Gasteiger partial charge in [-0.2, -0.15) is 0 Å². The number of aryl methyl sites for hydroxylation is 2. The molecule has 1 N–H and O–H groups in total. The zero-order valence-electron chi connectivity index (χ0n) is 15.3. The van der Waals surface area contributed by atoms with Gasteiger partial charge in [0.1, 0.15) is 17.1 Å². The van der Waals surface area contributed by atoms with E-state index in [9.17, 15) is 4.79 Å². The van der Waals surface area contributed by atoms with Gasteiger partial charge in [0.15, 0.2) is 6.61 Å². The lowest BCUT2D eigenvalue weighted by Gasteiger charge is -2.37. The van der Waals surface area contributed by atoms with Crippen molar-refractivity contribution in [2.24, 2.45) is 0 Å². The molecule has 0 fully saturated rings. The summed E-state index contributed by atoms with van der Waals surface area (Å²) >= 11 is 0. The lowest BCUT2D eigenvalue weighted by molar-refractivity contribution is -0.124. The van der Waals surface area contributed by atoms with Crippen LogP contribution in [0.4, 0.5) is 0 Å². The Hall–Kier alpha value is -2.49. The van der Waals surface area contributed by atoms with Crippen LogP contribution in [0.3, 0.4) is 0 Å². The Balaban J connectivity index is 1.66. The minimum atomic E-state index is -0.319. The first-order chi connectivity index (χ1) is 11.8. The Bertz CT molecular complexity index is 762. The molecule has 3 rings (SSSR count). The van der Waals surface area contributed by atoms with E-state index >= 15 is 0 Å². The number of hydrogen-bond acceptors (Lipinski definition) is 3. The summed E-state index contributed by atoms with van der Waals surface area (Å²) in [7, 11) is 0. The molecular weight excluding hydrogens is 314 g/mol. The Kier molecular flexibility index (Phi) is 4.71. The maximum Gasteiger partial charge on any atom is 0.258 e. The minimum absolute atomic E-state index is 0.00282. The summed E-state index contributed by atoms with van der Waals surface area (Å²) in [6.07, 6.45) is 0.722. The van der Waals surface area contributed by atoms with Crippen LogP contribution in [-0.2, 0) is 4.79 Å². The number of para-hydroxylation sites is 1. The van der Waals surface area contributed by atoms with Crippen LogP contribution in [0.15, 0.2) is 42.5 Å². The van der Waals surface area contributed by atoms with Crippen LogP contribution in [-0.4, -0.2) is 18.1 Å². The molecule has 0 aliphatic carbocycles. The number of ether oxygens (including phenoxy) is 2. The third kappa shape index (κ3) is 4.32. The average Bonchev–Trinajstić information content (AvgIpc) is 2.51. The van der Waals surface area contributed by atoms with Gasteiger partial charge in [-0.15, -0.1) is 0 Å². The standard InChI is InChI=1S/C21H25NO3/c1-14-9-15(2)11-16(10-14)24-13-20(23)22-18-12-21(3,4)25-19-8-6-5-7-17(18)19/h5-11,18H,12-13H2,1-4H3,(H,22,23)/t18-/m0/s1. The van der Waals surface area contributed by atoms with Gasteiger partial charge in [-0.05, 0) is 57.0 Å². The van der Waals surface area contributed by atoms with E-state index in [-0.39, 0.29) is 24.2 Å². The maximum atomic E-state index is 12.4. The molecule has 1 heterocycles. The predicted molar refractivity (Wildman–Crippen MR) is 98.1 cm³/mol. The van der Waals surface area contributed by atoms with Gasteiger partial charge in [-0.3, -0.25) is 4.79 Å². The van der Waals surface area contributed by atoms with Crippen LogP contribution >= 0.6 is 0 Å². The van der Waals surface area contributed by atoms with Crippen molar-refractivity contribution < 1.29 is 14.3 Å². The van der Waals surface area contributed by atoms with Crippen LogP contribution in [0.5, 0.6) is 11.5 Å². The van der Waals surface area contributed by atoms with Crippen LogP contribution in [0.2, 0.25) is 0 Å². The molecule has 1 aliphatic heterocycles. The first-order valence-corrected chi connectivity index (χ1v) is 8.61.